The SMILES string of the molecule is O=C(Nc1ncccc1O)c1ccc([N+](=O)[O-])s1. The largest absolute Gasteiger partial charge is 0.504 e. The first-order chi connectivity index (χ1) is 8.58. The van der Waals surface area contributed by atoms with E-state index < -0.39 is 10.8 Å². The molecule has 0 bridgehead atoms. The lowest BCUT2D eigenvalue weighted by Crippen LogP contribution is -2.11. The number of carbonyl (C=O) groups is 1. The molecule has 1 amide bonds. The van der Waals surface area contributed by atoms with Crippen molar-refractivity contribution in [1.29, 1.82) is 0 Å². The van der Waals surface area contributed by atoms with Gasteiger partial charge < -0.3 is 10.4 Å². The second-order valence-corrected chi connectivity index (χ2v) is 4.28. The maximum absolute atomic E-state index is 11.7. The number of amides is 1. The first kappa shape index (κ1) is 12.0. The van der Waals surface area contributed by atoms with Crippen LogP contribution in [0.3, 0.4) is 0 Å². The Bertz CT molecular complexity index is 611. The van der Waals surface area contributed by atoms with E-state index in [-0.39, 0.29) is 21.4 Å². The number of rotatable bonds is 3. The zero-order chi connectivity index (χ0) is 13.1. The number of hydrogen-bond acceptors (Lipinski definition) is 6. The van der Waals surface area contributed by atoms with Crippen molar-refractivity contribution >= 4 is 28.1 Å². The first-order valence-corrected chi connectivity index (χ1v) is 5.59. The number of thiophene rings is 1. The van der Waals surface area contributed by atoms with Crippen molar-refractivity contribution in [3.8, 4) is 5.75 Å². The molecule has 0 spiro atoms. The topological polar surface area (TPSA) is 105 Å². The maximum Gasteiger partial charge on any atom is 0.324 e. The fourth-order valence-corrected chi connectivity index (χ4v) is 1.93. The van der Waals surface area contributed by atoms with Crippen molar-refractivity contribution < 1.29 is 14.8 Å². The average molecular weight is 265 g/mol. The number of pyridine rings is 1. The van der Waals surface area contributed by atoms with Crippen molar-refractivity contribution in [3.05, 3.63) is 45.5 Å². The minimum Gasteiger partial charge on any atom is -0.504 e. The third-order valence-electron chi connectivity index (χ3n) is 2.01. The molecule has 8 heteroatoms. The van der Waals surface area contributed by atoms with E-state index in [0.29, 0.717) is 0 Å². The van der Waals surface area contributed by atoms with E-state index in [0.717, 1.165) is 11.3 Å². The Morgan fingerprint density at radius 2 is 2.22 bits per heavy atom. The van der Waals surface area contributed by atoms with E-state index >= 15 is 0 Å². The van der Waals surface area contributed by atoms with Gasteiger partial charge in [-0.15, -0.1) is 0 Å². The fourth-order valence-electron chi connectivity index (χ4n) is 1.21. The normalized spacial score (nSPS) is 10.0. The molecule has 7 nitrogen and oxygen atoms in total. The minimum atomic E-state index is -0.570. The molecule has 2 aromatic rings. The highest BCUT2D eigenvalue weighted by atomic mass is 32.1. The molecule has 0 aliphatic rings. The summed E-state index contributed by atoms with van der Waals surface area (Å²) in [5.41, 5.74) is 0. The predicted molar refractivity (Wildman–Crippen MR) is 64.8 cm³/mol. The number of aromatic hydroxyl groups is 1. The Balaban J connectivity index is 2.17. The Morgan fingerprint density at radius 3 is 2.83 bits per heavy atom. The summed E-state index contributed by atoms with van der Waals surface area (Å²) in [6.07, 6.45) is 1.41. The van der Waals surface area contributed by atoms with Gasteiger partial charge in [0.25, 0.3) is 5.91 Å². The summed E-state index contributed by atoms with van der Waals surface area (Å²) in [5.74, 6) is -0.711. The molecule has 0 saturated carbocycles. The van der Waals surface area contributed by atoms with Crippen LogP contribution in [-0.4, -0.2) is 20.9 Å². The van der Waals surface area contributed by atoms with E-state index in [9.17, 15) is 20.0 Å². The molecule has 0 aliphatic heterocycles. The van der Waals surface area contributed by atoms with E-state index in [4.69, 9.17) is 0 Å². The third kappa shape index (κ3) is 2.43. The molecule has 2 heterocycles. The lowest BCUT2D eigenvalue weighted by atomic mass is 10.4. The zero-order valence-electron chi connectivity index (χ0n) is 8.86. The molecule has 0 saturated heterocycles. The molecule has 0 unspecified atom stereocenters. The van der Waals surface area contributed by atoms with Gasteiger partial charge in [0.2, 0.25) is 0 Å². The van der Waals surface area contributed by atoms with Gasteiger partial charge in [-0.1, -0.05) is 11.3 Å². The summed E-state index contributed by atoms with van der Waals surface area (Å²) in [4.78, 5) is 25.6. The highest BCUT2D eigenvalue weighted by Crippen LogP contribution is 2.25. The second kappa shape index (κ2) is 4.80. The molecule has 0 radical (unpaired) electrons. The van der Waals surface area contributed by atoms with E-state index in [1.165, 1.54) is 30.5 Å². The summed E-state index contributed by atoms with van der Waals surface area (Å²) in [6.45, 7) is 0. The minimum absolute atomic E-state index is 0.0125. The standard InChI is InChI=1S/C10H7N3O4S/c14-6-2-1-5-11-9(6)12-10(15)7-3-4-8(18-7)13(16)17/h1-5,14H,(H,11,12,15). The summed E-state index contributed by atoms with van der Waals surface area (Å²) < 4.78 is 0. The van der Waals surface area contributed by atoms with Crippen LogP contribution in [0.25, 0.3) is 0 Å². The van der Waals surface area contributed by atoms with Crippen molar-refractivity contribution in [3.63, 3.8) is 0 Å². The van der Waals surface area contributed by atoms with Crippen molar-refractivity contribution in [2.75, 3.05) is 5.32 Å². The number of nitrogens with zero attached hydrogens (tertiary/aromatic N) is 2. The van der Waals surface area contributed by atoms with Gasteiger partial charge >= 0.3 is 5.00 Å². The molecule has 2 aromatic heterocycles. The lowest BCUT2D eigenvalue weighted by Gasteiger charge is -2.03. The van der Waals surface area contributed by atoms with Crippen LogP contribution in [0.5, 0.6) is 5.75 Å². The lowest BCUT2D eigenvalue weighted by molar-refractivity contribution is -0.380. The maximum atomic E-state index is 11.7. The third-order valence-corrected chi connectivity index (χ3v) is 3.05. The molecular weight excluding hydrogens is 258 g/mol. The summed E-state index contributed by atoms with van der Waals surface area (Å²) >= 11 is 0.754. The monoisotopic (exact) mass is 265 g/mol. The van der Waals surface area contributed by atoms with Gasteiger partial charge in [0, 0.05) is 12.3 Å². The average Bonchev–Trinajstić information content (AvgIpc) is 2.81. The zero-order valence-corrected chi connectivity index (χ0v) is 9.68. The smallest absolute Gasteiger partial charge is 0.324 e. The Hall–Kier alpha value is -2.48. The van der Waals surface area contributed by atoms with E-state index in [2.05, 4.69) is 10.3 Å². The van der Waals surface area contributed by atoms with E-state index in [1.54, 1.807) is 0 Å². The van der Waals surface area contributed by atoms with Crippen molar-refractivity contribution in [2.24, 2.45) is 0 Å². The Morgan fingerprint density at radius 1 is 1.44 bits per heavy atom. The molecule has 92 valence electrons. The highest BCUT2D eigenvalue weighted by Gasteiger charge is 2.16. The summed E-state index contributed by atoms with van der Waals surface area (Å²) in [7, 11) is 0. The van der Waals surface area contributed by atoms with Crippen LogP contribution < -0.4 is 5.32 Å². The number of carbonyl (C=O) groups excluding carboxylic acids is 1. The first-order valence-electron chi connectivity index (χ1n) is 4.77. The van der Waals surface area contributed by atoms with Gasteiger partial charge in [0.1, 0.15) is 0 Å². The molecule has 0 fully saturated rings. The molecule has 0 aliphatic carbocycles. The van der Waals surface area contributed by atoms with Gasteiger partial charge in [-0.2, -0.15) is 0 Å². The fraction of sp³-hybridized carbons (Fsp3) is 0. The number of nitrogens with one attached hydrogen (secondary N) is 1. The van der Waals surface area contributed by atoms with Gasteiger partial charge in [-0.3, -0.25) is 14.9 Å². The number of hydrogen-bond donors (Lipinski definition) is 2. The highest BCUT2D eigenvalue weighted by molar-refractivity contribution is 7.17. The summed E-state index contributed by atoms with van der Waals surface area (Å²) in [5, 5.41) is 22.1. The quantitative estimate of drug-likeness (QED) is 0.652. The predicted octanol–water partition coefficient (Wildman–Crippen LogP) is 2.01. The van der Waals surface area contributed by atoms with Gasteiger partial charge in [-0.05, 0) is 18.2 Å². The van der Waals surface area contributed by atoms with Crippen LogP contribution in [0, 0.1) is 10.1 Å². The Kier molecular flexibility index (Phi) is 3.20. The van der Waals surface area contributed by atoms with E-state index in [1.807, 2.05) is 0 Å². The molecule has 2 N–H and O–H groups in total. The second-order valence-electron chi connectivity index (χ2n) is 3.22. The van der Waals surface area contributed by atoms with Gasteiger partial charge in [-0.25, -0.2) is 4.98 Å². The van der Waals surface area contributed by atoms with Crippen LogP contribution in [0.1, 0.15) is 9.67 Å². The molecule has 0 atom stereocenters. The van der Waals surface area contributed by atoms with Crippen LogP contribution >= 0.6 is 11.3 Å². The molecular formula is C10H7N3O4S. The Labute approximate surface area is 105 Å². The molecule has 0 aromatic carbocycles. The van der Waals surface area contributed by atoms with Crippen LogP contribution in [0.15, 0.2) is 30.5 Å². The van der Waals surface area contributed by atoms with Gasteiger partial charge in [0.15, 0.2) is 11.6 Å². The molecule has 2 rings (SSSR count). The van der Waals surface area contributed by atoms with Crippen LogP contribution in [-0.2, 0) is 0 Å². The van der Waals surface area contributed by atoms with Crippen LogP contribution in [0.4, 0.5) is 10.8 Å². The van der Waals surface area contributed by atoms with Crippen molar-refractivity contribution in [1.82, 2.24) is 4.98 Å². The summed E-state index contributed by atoms with van der Waals surface area (Å²) in [6, 6.07) is 5.48. The van der Waals surface area contributed by atoms with Gasteiger partial charge in [0.05, 0.1) is 9.80 Å². The number of nitro groups is 1. The number of aromatic nitrogens is 1. The molecule has 18 heavy (non-hydrogen) atoms. The number of anilines is 1. The van der Waals surface area contributed by atoms with Crippen LogP contribution in [0.2, 0.25) is 0 Å². The van der Waals surface area contributed by atoms with Crippen molar-refractivity contribution in [2.45, 2.75) is 0 Å².